The summed E-state index contributed by atoms with van der Waals surface area (Å²) in [5, 5.41) is 14.2. The summed E-state index contributed by atoms with van der Waals surface area (Å²) in [6.45, 7) is 4.27. The van der Waals surface area contributed by atoms with Gasteiger partial charge in [-0.2, -0.15) is 0 Å². The van der Waals surface area contributed by atoms with E-state index in [1.807, 2.05) is 13.0 Å². The molecule has 0 unspecified atom stereocenters. The van der Waals surface area contributed by atoms with Gasteiger partial charge in [-0.05, 0) is 25.8 Å². The number of aryl methyl sites for hydroxylation is 1. The largest absolute Gasteiger partial charge is 0.392 e. The fourth-order valence-corrected chi connectivity index (χ4v) is 1.37. The number of hydrogen-bond donors (Lipinski definition) is 2. The van der Waals surface area contributed by atoms with Crippen LogP contribution in [0.2, 0.25) is 0 Å². The monoisotopic (exact) mass is 450 g/mol. The van der Waals surface area contributed by atoms with Crippen LogP contribution in [0.4, 0.5) is 4.53 Å². The van der Waals surface area contributed by atoms with E-state index in [9.17, 15) is 0 Å². The van der Waals surface area contributed by atoms with Crippen LogP contribution in [0.1, 0.15) is 18.1 Å². The van der Waals surface area contributed by atoms with Crippen molar-refractivity contribution >= 4 is 0 Å². The summed E-state index contributed by atoms with van der Waals surface area (Å²) >= 11 is 0. The molecule has 0 spiro atoms. The van der Waals surface area contributed by atoms with E-state index >= 15 is 0 Å². The Morgan fingerprint density at radius 2 is 2.00 bits per heavy atom. The van der Waals surface area contributed by atoms with Gasteiger partial charge in [0.1, 0.15) is 0 Å². The third-order valence-corrected chi connectivity index (χ3v) is 2.01. The van der Waals surface area contributed by atoms with Crippen molar-refractivity contribution in [2.24, 2.45) is 0 Å². The Morgan fingerprint density at radius 1 is 1.38 bits per heavy atom. The molecule has 2 N–H and O–H groups in total. The smallest absolute Gasteiger partial charge is 0.0615 e. The molecule has 16 heavy (non-hydrogen) atoms. The van der Waals surface area contributed by atoms with Gasteiger partial charge >= 0.3 is 0 Å². The van der Waals surface area contributed by atoms with Crippen molar-refractivity contribution in [1.29, 1.82) is 0 Å². The van der Waals surface area contributed by atoms with Gasteiger partial charge in [-0.25, -0.2) is 5.31 Å². The van der Waals surface area contributed by atoms with Crippen molar-refractivity contribution in [3.63, 3.8) is 0 Å². The Bertz CT molecular complexity index is 314. The molecule has 0 aliphatic rings. The molecular formula is C12H17FO2U. The molecule has 0 saturated heterocycles. The minimum Gasteiger partial charge on any atom is -0.392 e. The second-order valence-corrected chi connectivity index (χ2v) is 3.40. The first-order chi connectivity index (χ1) is 7.22. The van der Waals surface area contributed by atoms with E-state index in [4.69, 9.17) is 14.9 Å². The van der Waals surface area contributed by atoms with Crippen molar-refractivity contribution in [2.45, 2.75) is 20.3 Å². The molecule has 0 fully saturated rings. The number of halogens is 1. The molecular weight excluding hydrogens is 433 g/mol. The number of hydrogen-bond acceptors (Lipinski definition) is 2. The van der Waals surface area contributed by atoms with E-state index < -0.39 is 0 Å². The summed E-state index contributed by atoms with van der Waals surface area (Å²) in [5.41, 5.74) is 3.81. The molecule has 0 aliphatic heterocycles. The summed E-state index contributed by atoms with van der Waals surface area (Å²) in [6, 6.07) is 8.45. The van der Waals surface area contributed by atoms with Gasteiger partial charge in [0.05, 0.1) is 6.61 Å². The summed E-state index contributed by atoms with van der Waals surface area (Å²) in [7, 11) is 0. The van der Waals surface area contributed by atoms with Crippen LogP contribution >= 0.6 is 0 Å². The van der Waals surface area contributed by atoms with E-state index in [-0.39, 0.29) is 37.7 Å². The predicted octanol–water partition coefficient (Wildman–Crippen LogP) is 2.34. The molecule has 0 heterocycles. The maximum atomic E-state index is 8.69. The minimum atomic E-state index is 0. The van der Waals surface area contributed by atoms with Crippen LogP contribution < -0.4 is 0 Å². The zero-order valence-electron chi connectivity index (χ0n) is 9.57. The Morgan fingerprint density at radius 3 is 2.50 bits per heavy atom. The molecule has 2 nitrogen and oxygen atoms in total. The van der Waals surface area contributed by atoms with Crippen LogP contribution in [0.25, 0.3) is 0 Å². The first kappa shape index (κ1) is 18.2. The van der Waals surface area contributed by atoms with Crippen LogP contribution in [0, 0.1) is 38.0 Å². The van der Waals surface area contributed by atoms with E-state index in [1.165, 1.54) is 16.7 Å². The van der Waals surface area contributed by atoms with Crippen LogP contribution in [-0.2, 0) is 6.42 Å². The van der Waals surface area contributed by atoms with Gasteiger partial charge in [-0.15, -0.1) is 0 Å². The molecule has 88 valence electrons. The number of aliphatic hydroxyl groups is 1. The molecule has 0 radical (unpaired) electrons. The summed E-state index contributed by atoms with van der Waals surface area (Å²) in [4.78, 5) is 0. The Hall–Kier alpha value is -0.138. The first-order valence-electron chi connectivity index (χ1n) is 4.71. The van der Waals surface area contributed by atoms with Crippen molar-refractivity contribution in [1.82, 2.24) is 0 Å². The SMILES string of the molecule is C/C(=C\CO)Cc1cccc(C)c1.OF.[U]. The normalized spacial score (nSPS) is 9.94. The van der Waals surface area contributed by atoms with E-state index in [1.54, 1.807) is 0 Å². The average molecular weight is 450 g/mol. The molecule has 0 bridgehead atoms. The van der Waals surface area contributed by atoms with Gasteiger partial charge in [0.25, 0.3) is 0 Å². The van der Waals surface area contributed by atoms with Crippen LogP contribution in [0.5, 0.6) is 0 Å². The molecule has 1 aromatic carbocycles. The second-order valence-electron chi connectivity index (χ2n) is 3.40. The molecule has 1 rings (SSSR count). The molecule has 0 aromatic heterocycles. The van der Waals surface area contributed by atoms with Crippen LogP contribution in [0.3, 0.4) is 0 Å². The molecule has 0 aliphatic carbocycles. The average Bonchev–Trinajstić information content (AvgIpc) is 2.21. The fourth-order valence-electron chi connectivity index (χ4n) is 1.37. The molecule has 0 atom stereocenters. The topological polar surface area (TPSA) is 40.5 Å². The molecule has 4 heteroatoms. The maximum absolute atomic E-state index is 8.69. The molecule has 0 amide bonds. The number of benzene rings is 1. The summed E-state index contributed by atoms with van der Waals surface area (Å²) in [5.74, 6) is 0. The minimum absolute atomic E-state index is 0. The van der Waals surface area contributed by atoms with Crippen molar-refractivity contribution in [2.75, 3.05) is 6.61 Å². The Balaban J connectivity index is 0. The van der Waals surface area contributed by atoms with Crippen molar-refractivity contribution in [3.05, 3.63) is 47.0 Å². The quantitative estimate of drug-likeness (QED) is 0.695. The van der Waals surface area contributed by atoms with Crippen LogP contribution in [-0.4, -0.2) is 17.0 Å². The van der Waals surface area contributed by atoms with E-state index in [2.05, 4.69) is 31.2 Å². The number of rotatable bonds is 3. The number of allylic oxidation sites excluding steroid dienone is 1. The van der Waals surface area contributed by atoms with Gasteiger partial charge in [-0.3, -0.25) is 0 Å². The molecule has 1 aromatic rings. The van der Waals surface area contributed by atoms with Crippen molar-refractivity contribution in [3.8, 4) is 0 Å². The Kier molecular flexibility index (Phi) is 12.9. The third-order valence-electron chi connectivity index (χ3n) is 2.01. The summed E-state index contributed by atoms with van der Waals surface area (Å²) < 4.78 is 8.50. The molecule has 0 saturated carbocycles. The summed E-state index contributed by atoms with van der Waals surface area (Å²) in [6.07, 6.45) is 2.78. The van der Waals surface area contributed by atoms with Gasteiger partial charge in [0.15, 0.2) is 0 Å². The zero-order valence-corrected chi connectivity index (χ0v) is 13.7. The fraction of sp³-hybridized carbons (Fsp3) is 0.333. The number of aliphatic hydroxyl groups excluding tert-OH is 1. The van der Waals surface area contributed by atoms with E-state index in [0.717, 1.165) is 6.42 Å². The first-order valence-corrected chi connectivity index (χ1v) is 4.71. The predicted molar refractivity (Wildman–Crippen MR) is 59.1 cm³/mol. The maximum Gasteiger partial charge on any atom is 0.0615 e. The Labute approximate surface area is 119 Å². The van der Waals surface area contributed by atoms with Gasteiger partial charge in [-0.1, -0.05) is 46.0 Å². The van der Waals surface area contributed by atoms with Crippen molar-refractivity contribution < 1.29 is 46.1 Å². The van der Waals surface area contributed by atoms with Gasteiger partial charge < -0.3 is 5.11 Å². The second kappa shape index (κ2) is 11.4. The zero-order chi connectivity index (χ0) is 11.7. The van der Waals surface area contributed by atoms with Gasteiger partial charge in [0, 0.05) is 31.1 Å². The van der Waals surface area contributed by atoms with Crippen LogP contribution in [0.15, 0.2) is 35.9 Å². The van der Waals surface area contributed by atoms with E-state index in [0.29, 0.717) is 0 Å². The standard InChI is InChI=1S/C12H16O.FHO.U/c1-10-4-3-5-12(8-10)9-11(2)6-7-13;1-2;/h3-6,8,13H,7,9H2,1-2H3;2H;/b11-6+;;. The van der Waals surface area contributed by atoms with Gasteiger partial charge in [0.2, 0.25) is 0 Å². The third kappa shape index (κ3) is 8.07.